The summed E-state index contributed by atoms with van der Waals surface area (Å²) in [5, 5.41) is 9.22. The summed E-state index contributed by atoms with van der Waals surface area (Å²) >= 11 is 0. The maximum absolute atomic E-state index is 12.9. The van der Waals surface area contributed by atoms with Crippen molar-refractivity contribution >= 4 is 23.6 Å². The predicted molar refractivity (Wildman–Crippen MR) is 98.2 cm³/mol. The van der Waals surface area contributed by atoms with Gasteiger partial charge in [0.25, 0.3) is 11.8 Å². The number of carbonyl (C=O) groups is 4. The molecule has 2 saturated heterocycles. The Kier molecular flexibility index (Phi) is 4.06. The van der Waals surface area contributed by atoms with E-state index >= 15 is 0 Å². The summed E-state index contributed by atoms with van der Waals surface area (Å²) in [7, 11) is 0. The first-order chi connectivity index (χ1) is 13.5. The SMILES string of the molecule is O=C1CCC(N2C(=O)c3ccc(CNC4C5CNCC4C5)cc3C2=O)C(=O)N1. The fourth-order valence-electron chi connectivity index (χ4n) is 4.94. The molecule has 1 aromatic rings. The average molecular weight is 382 g/mol. The van der Waals surface area contributed by atoms with Crippen molar-refractivity contribution in [3.05, 3.63) is 34.9 Å². The monoisotopic (exact) mass is 382 g/mol. The third kappa shape index (κ3) is 2.67. The van der Waals surface area contributed by atoms with Gasteiger partial charge in [-0.3, -0.25) is 29.4 Å². The molecule has 3 atom stereocenters. The molecule has 3 aliphatic heterocycles. The van der Waals surface area contributed by atoms with Crippen molar-refractivity contribution in [2.75, 3.05) is 13.1 Å². The molecule has 3 heterocycles. The Balaban J connectivity index is 1.31. The Hall–Kier alpha value is -2.58. The third-order valence-electron chi connectivity index (χ3n) is 6.48. The second-order valence-corrected chi connectivity index (χ2v) is 8.15. The average Bonchev–Trinajstić information content (AvgIpc) is 2.93. The second kappa shape index (κ2) is 6.49. The van der Waals surface area contributed by atoms with E-state index in [-0.39, 0.29) is 18.7 Å². The molecule has 146 valence electrons. The van der Waals surface area contributed by atoms with Gasteiger partial charge in [-0.05, 0) is 55.5 Å². The van der Waals surface area contributed by atoms with Crippen molar-refractivity contribution in [3.8, 4) is 0 Å². The highest BCUT2D eigenvalue weighted by atomic mass is 16.2. The normalized spacial score (nSPS) is 31.5. The van der Waals surface area contributed by atoms with Gasteiger partial charge < -0.3 is 10.6 Å². The van der Waals surface area contributed by atoms with Crippen molar-refractivity contribution in [2.24, 2.45) is 11.8 Å². The molecule has 1 aromatic carbocycles. The largest absolute Gasteiger partial charge is 0.316 e. The summed E-state index contributed by atoms with van der Waals surface area (Å²) in [5.41, 5.74) is 1.61. The summed E-state index contributed by atoms with van der Waals surface area (Å²) in [6.07, 6.45) is 1.56. The zero-order valence-corrected chi connectivity index (χ0v) is 15.4. The van der Waals surface area contributed by atoms with E-state index in [2.05, 4.69) is 16.0 Å². The first kappa shape index (κ1) is 17.5. The number of imide groups is 2. The number of piperidine rings is 3. The quantitative estimate of drug-likeness (QED) is 0.622. The summed E-state index contributed by atoms with van der Waals surface area (Å²) in [5.74, 6) is -0.548. The molecule has 3 unspecified atom stereocenters. The minimum absolute atomic E-state index is 0.123. The molecular formula is C20H22N4O4. The molecule has 0 aromatic heterocycles. The van der Waals surface area contributed by atoms with Gasteiger partial charge in [0.2, 0.25) is 11.8 Å². The second-order valence-electron chi connectivity index (χ2n) is 8.15. The number of fused-ring (bicyclic) bond motifs is 3. The molecule has 2 bridgehead atoms. The van der Waals surface area contributed by atoms with Crippen molar-refractivity contribution in [2.45, 2.75) is 37.9 Å². The van der Waals surface area contributed by atoms with Crippen LogP contribution in [-0.4, -0.2) is 53.7 Å². The van der Waals surface area contributed by atoms with Gasteiger partial charge in [0.15, 0.2) is 0 Å². The van der Waals surface area contributed by atoms with Gasteiger partial charge in [-0.2, -0.15) is 0 Å². The van der Waals surface area contributed by atoms with E-state index in [1.807, 2.05) is 6.07 Å². The number of amides is 4. The van der Waals surface area contributed by atoms with Gasteiger partial charge in [-0.25, -0.2) is 0 Å². The molecule has 28 heavy (non-hydrogen) atoms. The minimum Gasteiger partial charge on any atom is -0.316 e. The first-order valence-electron chi connectivity index (χ1n) is 9.81. The molecule has 1 saturated carbocycles. The number of nitrogens with one attached hydrogen (secondary N) is 3. The summed E-state index contributed by atoms with van der Waals surface area (Å²) in [6.45, 7) is 2.74. The standard InChI is InChI=1S/C20H22N4O4/c25-16-4-3-15(18(26)23-16)24-19(27)13-2-1-10(5-14(13)20(24)28)7-22-17-11-6-12(17)9-21-8-11/h1-2,5,11-12,15,17,21-22H,3-4,6-9H2,(H,23,25,26). The Bertz CT molecular complexity index is 884. The Labute approximate surface area is 162 Å². The van der Waals surface area contributed by atoms with Crippen molar-refractivity contribution in [1.82, 2.24) is 20.9 Å². The first-order valence-corrected chi connectivity index (χ1v) is 9.81. The van der Waals surface area contributed by atoms with Gasteiger partial charge in [0.05, 0.1) is 11.1 Å². The van der Waals surface area contributed by atoms with Crippen LogP contribution in [0.2, 0.25) is 0 Å². The van der Waals surface area contributed by atoms with Crippen molar-refractivity contribution < 1.29 is 19.2 Å². The van der Waals surface area contributed by atoms with E-state index in [4.69, 9.17) is 0 Å². The zero-order valence-electron chi connectivity index (χ0n) is 15.4. The smallest absolute Gasteiger partial charge is 0.262 e. The van der Waals surface area contributed by atoms with E-state index in [9.17, 15) is 19.2 Å². The van der Waals surface area contributed by atoms with Crippen molar-refractivity contribution in [1.29, 1.82) is 0 Å². The summed E-state index contributed by atoms with van der Waals surface area (Å²) in [4.78, 5) is 50.1. The van der Waals surface area contributed by atoms with Crippen molar-refractivity contribution in [3.63, 3.8) is 0 Å². The molecule has 8 nitrogen and oxygen atoms in total. The molecule has 3 N–H and O–H groups in total. The molecule has 5 rings (SSSR count). The van der Waals surface area contributed by atoms with Crippen LogP contribution in [0.1, 0.15) is 45.5 Å². The lowest BCUT2D eigenvalue weighted by Crippen LogP contribution is -2.62. The lowest BCUT2D eigenvalue weighted by Gasteiger charge is -2.50. The van der Waals surface area contributed by atoms with Crippen LogP contribution in [0.15, 0.2) is 18.2 Å². The van der Waals surface area contributed by atoms with Gasteiger partial charge in [-0.15, -0.1) is 0 Å². The van der Waals surface area contributed by atoms with Crippen LogP contribution in [-0.2, 0) is 16.1 Å². The summed E-state index contributed by atoms with van der Waals surface area (Å²) < 4.78 is 0. The number of rotatable bonds is 4. The fraction of sp³-hybridized carbons (Fsp3) is 0.500. The third-order valence-corrected chi connectivity index (χ3v) is 6.48. The topological polar surface area (TPSA) is 108 Å². The van der Waals surface area contributed by atoms with Crippen LogP contribution < -0.4 is 16.0 Å². The highest BCUT2D eigenvalue weighted by molar-refractivity contribution is 6.23. The number of carbonyl (C=O) groups excluding carboxylic acids is 4. The van der Waals surface area contributed by atoms with Crippen LogP contribution in [0.25, 0.3) is 0 Å². The molecule has 0 radical (unpaired) electrons. The summed E-state index contributed by atoms with van der Waals surface area (Å²) in [6, 6.07) is 4.86. The predicted octanol–water partition coefficient (Wildman–Crippen LogP) is -0.215. The van der Waals surface area contributed by atoms with E-state index in [0.29, 0.717) is 35.5 Å². The molecule has 3 fully saturated rings. The van der Waals surface area contributed by atoms with Crippen LogP contribution in [0.3, 0.4) is 0 Å². The van der Waals surface area contributed by atoms with Gasteiger partial charge in [0, 0.05) is 19.0 Å². The molecule has 1 aliphatic carbocycles. The van der Waals surface area contributed by atoms with Gasteiger partial charge in [0.1, 0.15) is 6.04 Å². The van der Waals surface area contributed by atoms with Gasteiger partial charge in [-0.1, -0.05) is 6.07 Å². The molecule has 8 heteroatoms. The Morgan fingerprint density at radius 2 is 1.79 bits per heavy atom. The van der Waals surface area contributed by atoms with E-state index in [1.165, 1.54) is 6.42 Å². The van der Waals surface area contributed by atoms with Crippen LogP contribution in [0.5, 0.6) is 0 Å². The van der Waals surface area contributed by atoms with E-state index < -0.39 is 23.8 Å². The molecule has 0 spiro atoms. The maximum atomic E-state index is 12.9. The van der Waals surface area contributed by atoms with Gasteiger partial charge >= 0.3 is 0 Å². The van der Waals surface area contributed by atoms with E-state index in [1.54, 1.807) is 12.1 Å². The fourth-order valence-corrected chi connectivity index (χ4v) is 4.94. The number of hydrogen-bond acceptors (Lipinski definition) is 6. The maximum Gasteiger partial charge on any atom is 0.262 e. The molecule has 4 aliphatic rings. The molecule has 4 amide bonds. The highest BCUT2D eigenvalue weighted by Gasteiger charge is 2.45. The lowest BCUT2D eigenvalue weighted by atomic mass is 9.67. The highest BCUT2D eigenvalue weighted by Crippen LogP contribution is 2.36. The zero-order chi connectivity index (χ0) is 19.4. The lowest BCUT2D eigenvalue weighted by molar-refractivity contribution is -0.136. The Morgan fingerprint density at radius 3 is 2.50 bits per heavy atom. The van der Waals surface area contributed by atoms with Crippen LogP contribution >= 0.6 is 0 Å². The Morgan fingerprint density at radius 1 is 1.04 bits per heavy atom. The molecular weight excluding hydrogens is 360 g/mol. The number of benzene rings is 1. The van der Waals surface area contributed by atoms with Crippen LogP contribution in [0, 0.1) is 11.8 Å². The van der Waals surface area contributed by atoms with E-state index in [0.717, 1.165) is 23.6 Å². The number of nitrogens with zero attached hydrogens (tertiary/aromatic N) is 1. The van der Waals surface area contributed by atoms with Crippen LogP contribution in [0.4, 0.5) is 0 Å². The minimum atomic E-state index is -0.923. The number of hydrogen-bond donors (Lipinski definition) is 3.